The van der Waals surface area contributed by atoms with E-state index in [2.05, 4.69) is 92.1 Å². The fraction of sp³-hybridized carbons (Fsp3) is 0.741. The second-order valence-electron chi connectivity index (χ2n) is 20.0. The van der Waals surface area contributed by atoms with Crippen molar-refractivity contribution in [1.82, 2.24) is 5.32 Å². The number of amides is 1. The molecule has 19 nitrogen and oxygen atoms in total. The molecule has 0 aromatic rings. The highest BCUT2D eigenvalue weighted by molar-refractivity contribution is 5.76. The van der Waals surface area contributed by atoms with Gasteiger partial charge in [-0.25, -0.2) is 0 Å². The Kier molecular flexibility index (Phi) is 36.4. The van der Waals surface area contributed by atoms with E-state index in [0.29, 0.717) is 12.8 Å². The van der Waals surface area contributed by atoms with Crippen molar-refractivity contribution in [2.24, 2.45) is 0 Å². The van der Waals surface area contributed by atoms with Crippen LogP contribution in [-0.4, -0.2) is 193 Å². The van der Waals surface area contributed by atoms with Crippen molar-refractivity contribution in [2.45, 2.75) is 247 Å². The summed E-state index contributed by atoms with van der Waals surface area (Å²) in [7, 11) is 0. The minimum atomic E-state index is -1.99. The molecule has 12 N–H and O–H groups in total. The lowest BCUT2D eigenvalue weighted by Crippen LogP contribution is -2.66. The molecule has 3 aliphatic heterocycles. The van der Waals surface area contributed by atoms with Crippen LogP contribution in [0.4, 0.5) is 0 Å². The van der Waals surface area contributed by atoms with Crippen LogP contribution in [0.1, 0.15) is 142 Å². The number of nitrogens with one attached hydrogen (secondary N) is 1. The molecule has 0 bridgehead atoms. The molecule has 3 rings (SSSR count). The van der Waals surface area contributed by atoms with E-state index in [1.807, 2.05) is 6.08 Å². The average Bonchev–Trinajstić information content (AvgIpc) is 3.43. The molecule has 0 aromatic heterocycles. The van der Waals surface area contributed by atoms with E-state index in [0.717, 1.165) is 64.2 Å². The van der Waals surface area contributed by atoms with Crippen molar-refractivity contribution >= 4 is 5.91 Å². The molecule has 3 aliphatic rings. The van der Waals surface area contributed by atoms with E-state index in [-0.39, 0.29) is 12.3 Å². The standard InChI is InChI=1S/C58H97NO18/c1-3-5-7-9-11-13-15-17-19-20-22-23-25-27-29-31-33-35-42(63)41(59-46(64)36-34-32-30-28-26-24-21-18-16-14-12-10-8-6-4-2)40-72-56-52(70)49(67)54(44(38-61)74-56)77-58-53(71)50(68)55(45(39-62)75-58)76-57-51(69)48(66)47(65)43(37-60)73-57/h6,8,12,14,18-21,25-28,33,35,41-45,47-58,60-63,65-71H,3-5,7,9-11,13,15-17,22-24,29-32,34,36-40H2,1-2H3,(H,59,64)/b8-6-,14-12-,20-19+,21-18-,27-25+,28-26-,35-33+. The Morgan fingerprint density at radius 2 is 0.909 bits per heavy atom. The highest BCUT2D eigenvalue weighted by Crippen LogP contribution is 2.33. The van der Waals surface area contributed by atoms with Crippen molar-refractivity contribution in [2.75, 3.05) is 26.4 Å². The van der Waals surface area contributed by atoms with Crippen LogP contribution in [0.2, 0.25) is 0 Å². The molecule has 442 valence electrons. The van der Waals surface area contributed by atoms with Crippen molar-refractivity contribution < 1.29 is 89.4 Å². The predicted molar refractivity (Wildman–Crippen MR) is 291 cm³/mol. The van der Waals surface area contributed by atoms with Gasteiger partial charge in [-0.05, 0) is 83.5 Å². The van der Waals surface area contributed by atoms with E-state index in [1.54, 1.807) is 6.08 Å². The van der Waals surface area contributed by atoms with Gasteiger partial charge >= 0.3 is 0 Å². The van der Waals surface area contributed by atoms with Crippen LogP contribution in [0, 0.1) is 0 Å². The van der Waals surface area contributed by atoms with E-state index in [9.17, 15) is 61.0 Å². The molecule has 0 aliphatic carbocycles. The van der Waals surface area contributed by atoms with Crippen LogP contribution < -0.4 is 5.32 Å². The fourth-order valence-electron chi connectivity index (χ4n) is 8.97. The molecule has 0 aromatic carbocycles. The lowest BCUT2D eigenvalue weighted by atomic mass is 9.96. The average molecular weight is 1100 g/mol. The Morgan fingerprint density at radius 3 is 1.45 bits per heavy atom. The van der Waals surface area contributed by atoms with Gasteiger partial charge in [0.1, 0.15) is 73.2 Å². The summed E-state index contributed by atoms with van der Waals surface area (Å²) in [4.78, 5) is 13.3. The van der Waals surface area contributed by atoms with Crippen LogP contribution >= 0.6 is 0 Å². The zero-order chi connectivity index (χ0) is 56.2. The molecular formula is C58H97NO18. The minimum absolute atomic E-state index is 0.175. The second-order valence-corrected chi connectivity index (χ2v) is 20.0. The SMILES string of the molecule is CC/C=C\C/C=C\C/C=C\C/C=C\CCCCC(=O)NC(COC1OC(CO)C(OC2OC(CO)C(OC3OC(CO)C(O)C(O)C3O)C(O)C2O)C(O)C1O)C(O)/C=C/CC/C=C/CC/C=C/CCCCCCCCC. The van der Waals surface area contributed by atoms with Crippen LogP contribution in [0.5, 0.6) is 0 Å². The summed E-state index contributed by atoms with van der Waals surface area (Å²) < 4.78 is 34.1. The summed E-state index contributed by atoms with van der Waals surface area (Å²) in [6, 6.07) is -1.02. The van der Waals surface area contributed by atoms with Gasteiger partial charge in [0.05, 0.1) is 38.6 Å². The van der Waals surface area contributed by atoms with E-state index >= 15 is 0 Å². The summed E-state index contributed by atoms with van der Waals surface area (Å²) in [6.45, 7) is 1.50. The molecule has 3 heterocycles. The maximum absolute atomic E-state index is 13.3. The van der Waals surface area contributed by atoms with Gasteiger partial charge in [-0.3, -0.25) is 4.79 Å². The number of hydrogen-bond acceptors (Lipinski definition) is 18. The van der Waals surface area contributed by atoms with Crippen LogP contribution in [-0.2, 0) is 33.2 Å². The van der Waals surface area contributed by atoms with Gasteiger partial charge < -0.3 is 89.9 Å². The number of aliphatic hydroxyl groups excluding tert-OH is 11. The van der Waals surface area contributed by atoms with Crippen molar-refractivity contribution in [3.8, 4) is 0 Å². The topological polar surface area (TPSA) is 307 Å². The molecule has 3 fully saturated rings. The first-order valence-corrected chi connectivity index (χ1v) is 28.3. The summed E-state index contributed by atoms with van der Waals surface area (Å²) in [5, 5.41) is 120. The maximum Gasteiger partial charge on any atom is 0.220 e. The molecule has 3 saturated heterocycles. The highest BCUT2D eigenvalue weighted by Gasteiger charge is 2.53. The van der Waals surface area contributed by atoms with Gasteiger partial charge in [-0.1, -0.05) is 137 Å². The van der Waals surface area contributed by atoms with E-state index < -0.39 is 131 Å². The number of allylic oxidation sites excluding steroid dienone is 13. The third kappa shape index (κ3) is 25.5. The third-order valence-electron chi connectivity index (χ3n) is 13.7. The molecule has 77 heavy (non-hydrogen) atoms. The quantitative estimate of drug-likeness (QED) is 0.0305. The summed E-state index contributed by atoms with van der Waals surface area (Å²) in [6.07, 6.45) is 21.5. The largest absolute Gasteiger partial charge is 0.394 e. The predicted octanol–water partition coefficient (Wildman–Crippen LogP) is 4.03. The fourth-order valence-corrected chi connectivity index (χ4v) is 8.97. The smallest absolute Gasteiger partial charge is 0.220 e. The van der Waals surface area contributed by atoms with Gasteiger partial charge in [0, 0.05) is 6.42 Å². The monoisotopic (exact) mass is 1100 g/mol. The summed E-state index contributed by atoms with van der Waals surface area (Å²) >= 11 is 0. The first-order valence-electron chi connectivity index (χ1n) is 28.3. The van der Waals surface area contributed by atoms with Crippen molar-refractivity contribution in [1.29, 1.82) is 0 Å². The number of rotatable bonds is 39. The molecule has 19 heteroatoms. The first kappa shape index (κ1) is 68.2. The minimum Gasteiger partial charge on any atom is -0.394 e. The van der Waals surface area contributed by atoms with Crippen molar-refractivity contribution in [3.05, 3.63) is 85.1 Å². The number of aliphatic hydroxyl groups is 11. The number of carbonyl (C=O) groups excluding carboxylic acids is 1. The second kappa shape index (κ2) is 41.0. The first-order chi connectivity index (χ1) is 37.3. The summed E-state index contributed by atoms with van der Waals surface area (Å²) in [5.74, 6) is -0.335. The Labute approximate surface area is 457 Å². The van der Waals surface area contributed by atoms with Crippen molar-refractivity contribution in [3.63, 3.8) is 0 Å². The number of hydrogen-bond donors (Lipinski definition) is 12. The Hall–Kier alpha value is -3.03. The van der Waals surface area contributed by atoms with Gasteiger partial charge in [0.25, 0.3) is 0 Å². The van der Waals surface area contributed by atoms with Crippen LogP contribution in [0.15, 0.2) is 85.1 Å². The third-order valence-corrected chi connectivity index (χ3v) is 13.7. The zero-order valence-electron chi connectivity index (χ0n) is 45.6. The number of carbonyl (C=O) groups is 1. The Balaban J connectivity index is 1.57. The zero-order valence-corrected chi connectivity index (χ0v) is 45.6. The molecular weight excluding hydrogens is 999 g/mol. The molecule has 0 spiro atoms. The van der Waals surface area contributed by atoms with Crippen LogP contribution in [0.25, 0.3) is 0 Å². The molecule has 0 saturated carbocycles. The van der Waals surface area contributed by atoms with Gasteiger partial charge in [0.2, 0.25) is 5.91 Å². The summed E-state index contributed by atoms with van der Waals surface area (Å²) in [5.41, 5.74) is 0. The number of unbranched alkanes of at least 4 members (excludes halogenated alkanes) is 11. The lowest BCUT2D eigenvalue weighted by molar-refractivity contribution is -0.379. The van der Waals surface area contributed by atoms with Gasteiger partial charge in [0.15, 0.2) is 18.9 Å². The Bertz CT molecular complexity index is 1740. The highest BCUT2D eigenvalue weighted by atomic mass is 16.8. The lowest BCUT2D eigenvalue weighted by Gasteiger charge is -2.48. The molecule has 17 atom stereocenters. The maximum atomic E-state index is 13.3. The molecule has 0 radical (unpaired) electrons. The van der Waals surface area contributed by atoms with Crippen LogP contribution in [0.3, 0.4) is 0 Å². The van der Waals surface area contributed by atoms with Gasteiger partial charge in [-0.2, -0.15) is 0 Å². The number of ether oxygens (including phenoxy) is 6. The Morgan fingerprint density at radius 1 is 0.481 bits per heavy atom. The van der Waals surface area contributed by atoms with E-state index in [1.165, 1.54) is 44.9 Å². The normalized spacial score (nSPS) is 31.4. The molecule has 1 amide bonds. The van der Waals surface area contributed by atoms with Gasteiger partial charge in [-0.15, -0.1) is 0 Å². The molecule has 17 unspecified atom stereocenters. The van der Waals surface area contributed by atoms with E-state index in [4.69, 9.17) is 28.4 Å².